The number of hydrogen-bond acceptors (Lipinski definition) is 7. The molecule has 2 aromatic carbocycles. The summed E-state index contributed by atoms with van der Waals surface area (Å²) in [4.78, 5) is 18.0. The fourth-order valence-electron chi connectivity index (χ4n) is 3.13. The van der Waals surface area contributed by atoms with E-state index in [2.05, 4.69) is 4.99 Å². The maximum Gasteiger partial charge on any atom is 0.283 e. The Morgan fingerprint density at radius 1 is 0.968 bits per heavy atom. The van der Waals surface area contributed by atoms with Crippen LogP contribution in [0.5, 0.6) is 23.0 Å². The van der Waals surface area contributed by atoms with Gasteiger partial charge in [-0.1, -0.05) is 11.3 Å². The number of amides is 1. The largest absolute Gasteiger partial charge is 0.497 e. The maximum absolute atomic E-state index is 13.1. The van der Waals surface area contributed by atoms with Gasteiger partial charge in [-0.25, -0.2) is 0 Å². The summed E-state index contributed by atoms with van der Waals surface area (Å²) < 4.78 is 29.8. The quantitative estimate of drug-likeness (QED) is 0.468. The minimum Gasteiger partial charge on any atom is -0.497 e. The summed E-state index contributed by atoms with van der Waals surface area (Å²) in [6.07, 6.45) is 0. The number of fused-ring (bicyclic) bond motifs is 1. The maximum atomic E-state index is 13.1. The topological polar surface area (TPSA) is 80.5 Å². The van der Waals surface area contributed by atoms with Crippen molar-refractivity contribution in [2.24, 2.45) is 4.99 Å². The molecule has 3 aromatic rings. The molecule has 166 valence electrons. The molecule has 0 spiro atoms. The van der Waals surface area contributed by atoms with E-state index in [4.69, 9.17) is 23.7 Å². The molecule has 0 atom stereocenters. The molecule has 31 heavy (non-hydrogen) atoms. The molecular formula is C22H26N2O6S. The van der Waals surface area contributed by atoms with E-state index in [0.717, 1.165) is 10.2 Å². The molecule has 8 nitrogen and oxygen atoms in total. The van der Waals surface area contributed by atoms with E-state index in [0.29, 0.717) is 53.1 Å². The molecule has 0 aliphatic heterocycles. The molecule has 0 radical (unpaired) electrons. The number of carbonyl (C=O) groups is 1. The zero-order valence-electron chi connectivity index (χ0n) is 18.3. The molecule has 0 unspecified atom stereocenters. The Labute approximate surface area is 184 Å². The van der Waals surface area contributed by atoms with Gasteiger partial charge >= 0.3 is 0 Å². The van der Waals surface area contributed by atoms with Gasteiger partial charge in [-0.3, -0.25) is 4.79 Å². The predicted molar refractivity (Wildman–Crippen MR) is 119 cm³/mol. The van der Waals surface area contributed by atoms with Crippen molar-refractivity contribution >= 4 is 27.5 Å². The van der Waals surface area contributed by atoms with Gasteiger partial charge in [-0.15, -0.1) is 0 Å². The predicted octanol–water partition coefficient (Wildman–Crippen LogP) is 3.51. The lowest BCUT2D eigenvalue weighted by atomic mass is 10.2. The van der Waals surface area contributed by atoms with Crippen molar-refractivity contribution in [2.45, 2.75) is 13.5 Å². The summed E-state index contributed by atoms with van der Waals surface area (Å²) in [5.74, 6) is 1.77. The third kappa shape index (κ3) is 4.83. The van der Waals surface area contributed by atoms with Gasteiger partial charge in [0.2, 0.25) is 0 Å². The molecular weight excluding hydrogens is 420 g/mol. The van der Waals surface area contributed by atoms with E-state index in [1.54, 1.807) is 39.5 Å². The van der Waals surface area contributed by atoms with E-state index < -0.39 is 5.91 Å². The molecule has 1 amide bonds. The number of methoxy groups -OCH3 is 4. The van der Waals surface area contributed by atoms with Crippen LogP contribution in [0.4, 0.5) is 0 Å². The highest BCUT2D eigenvalue weighted by atomic mass is 32.1. The van der Waals surface area contributed by atoms with Crippen molar-refractivity contribution in [2.75, 3.05) is 41.7 Å². The Morgan fingerprint density at radius 2 is 1.68 bits per heavy atom. The van der Waals surface area contributed by atoms with Gasteiger partial charge < -0.3 is 28.3 Å². The molecule has 0 saturated carbocycles. The van der Waals surface area contributed by atoms with Crippen LogP contribution in [-0.4, -0.2) is 52.1 Å². The van der Waals surface area contributed by atoms with Crippen molar-refractivity contribution in [3.63, 3.8) is 0 Å². The SMILES string of the molecule is CCOCCn1c(=NC(=O)c2cc(OC)ccc2OC)sc2cc(OC)c(OC)cc21. The van der Waals surface area contributed by atoms with E-state index in [1.165, 1.54) is 18.4 Å². The molecule has 1 aromatic heterocycles. The summed E-state index contributed by atoms with van der Waals surface area (Å²) >= 11 is 1.39. The first-order valence-electron chi connectivity index (χ1n) is 9.70. The Kier molecular flexibility index (Phi) is 7.54. The highest BCUT2D eigenvalue weighted by Gasteiger charge is 2.16. The van der Waals surface area contributed by atoms with E-state index in [-0.39, 0.29) is 0 Å². The smallest absolute Gasteiger partial charge is 0.283 e. The summed E-state index contributed by atoms with van der Waals surface area (Å²) in [5.41, 5.74) is 1.21. The summed E-state index contributed by atoms with van der Waals surface area (Å²) in [7, 11) is 6.23. The first kappa shape index (κ1) is 22.6. The van der Waals surface area contributed by atoms with Crippen molar-refractivity contribution in [3.05, 3.63) is 40.7 Å². The Morgan fingerprint density at radius 3 is 2.32 bits per heavy atom. The van der Waals surface area contributed by atoms with Crippen LogP contribution < -0.4 is 23.7 Å². The highest BCUT2D eigenvalue weighted by Crippen LogP contribution is 2.33. The normalized spacial score (nSPS) is 11.6. The number of carbonyl (C=O) groups excluding carboxylic acids is 1. The number of hydrogen-bond donors (Lipinski definition) is 0. The third-order valence-corrected chi connectivity index (χ3v) is 5.73. The number of benzene rings is 2. The number of rotatable bonds is 9. The summed E-state index contributed by atoms with van der Waals surface area (Å²) in [6, 6.07) is 8.80. The second-order valence-corrected chi connectivity index (χ2v) is 7.40. The number of aromatic nitrogens is 1. The standard InChI is InChI=1S/C22H26N2O6S/c1-6-30-10-9-24-16-12-18(28-4)19(29-5)13-20(16)31-22(24)23-21(25)15-11-14(26-2)7-8-17(15)27-3/h7-8,11-13H,6,9-10H2,1-5H3. The van der Waals surface area contributed by atoms with Crippen LogP contribution in [0.3, 0.4) is 0 Å². The fourth-order valence-corrected chi connectivity index (χ4v) is 4.19. The van der Waals surface area contributed by atoms with Crippen LogP contribution in [0, 0.1) is 0 Å². The molecule has 0 fully saturated rings. The lowest BCUT2D eigenvalue weighted by Crippen LogP contribution is -2.20. The van der Waals surface area contributed by atoms with E-state index in [1.807, 2.05) is 23.6 Å². The zero-order valence-corrected chi connectivity index (χ0v) is 19.1. The van der Waals surface area contributed by atoms with Crippen LogP contribution in [-0.2, 0) is 11.3 Å². The number of thiazole rings is 1. The molecule has 9 heteroatoms. The molecule has 0 N–H and O–H groups in total. The third-order valence-electron chi connectivity index (χ3n) is 4.69. The molecule has 1 heterocycles. The molecule has 0 aliphatic carbocycles. The van der Waals surface area contributed by atoms with Gasteiger partial charge in [0, 0.05) is 25.3 Å². The van der Waals surface area contributed by atoms with Crippen LogP contribution in [0.25, 0.3) is 10.2 Å². The molecule has 0 bridgehead atoms. The van der Waals surface area contributed by atoms with E-state index in [9.17, 15) is 4.79 Å². The average molecular weight is 447 g/mol. The number of nitrogens with zero attached hydrogens (tertiary/aromatic N) is 2. The van der Waals surface area contributed by atoms with E-state index >= 15 is 0 Å². The highest BCUT2D eigenvalue weighted by molar-refractivity contribution is 7.16. The van der Waals surface area contributed by atoms with Crippen LogP contribution in [0.1, 0.15) is 17.3 Å². The fraction of sp³-hybridized carbons (Fsp3) is 0.364. The van der Waals surface area contributed by atoms with Gasteiger partial charge in [0.25, 0.3) is 5.91 Å². The lowest BCUT2D eigenvalue weighted by molar-refractivity contribution is 0.0993. The zero-order chi connectivity index (χ0) is 22.4. The second kappa shape index (κ2) is 10.3. The Bertz CT molecular complexity index is 1130. The minimum absolute atomic E-state index is 0.325. The van der Waals surface area contributed by atoms with Crippen molar-refractivity contribution in [1.82, 2.24) is 4.57 Å². The van der Waals surface area contributed by atoms with Crippen molar-refractivity contribution in [1.29, 1.82) is 0 Å². The van der Waals surface area contributed by atoms with Crippen LogP contribution in [0.15, 0.2) is 35.3 Å². The minimum atomic E-state index is -0.425. The first-order valence-corrected chi connectivity index (χ1v) is 10.5. The molecule has 0 saturated heterocycles. The van der Waals surface area contributed by atoms with Crippen molar-refractivity contribution < 1.29 is 28.5 Å². The van der Waals surface area contributed by atoms with Gasteiger partial charge in [0.05, 0.1) is 50.8 Å². The van der Waals surface area contributed by atoms with Crippen LogP contribution in [0.2, 0.25) is 0 Å². The number of ether oxygens (including phenoxy) is 5. The van der Waals surface area contributed by atoms with Gasteiger partial charge in [-0.05, 0) is 25.1 Å². The summed E-state index contributed by atoms with van der Waals surface area (Å²) in [6.45, 7) is 3.56. The van der Waals surface area contributed by atoms with Gasteiger partial charge in [0.1, 0.15) is 11.5 Å². The van der Waals surface area contributed by atoms with Gasteiger partial charge in [-0.2, -0.15) is 4.99 Å². The van der Waals surface area contributed by atoms with Crippen molar-refractivity contribution in [3.8, 4) is 23.0 Å². The van der Waals surface area contributed by atoms with Crippen LogP contribution >= 0.6 is 11.3 Å². The summed E-state index contributed by atoms with van der Waals surface area (Å²) in [5, 5.41) is 0. The Balaban J connectivity index is 2.16. The monoisotopic (exact) mass is 446 g/mol. The molecule has 0 aliphatic rings. The molecule has 3 rings (SSSR count). The Hall–Kier alpha value is -3.04. The average Bonchev–Trinajstić information content (AvgIpc) is 3.13. The lowest BCUT2D eigenvalue weighted by Gasteiger charge is -2.10. The second-order valence-electron chi connectivity index (χ2n) is 6.39. The van der Waals surface area contributed by atoms with Gasteiger partial charge in [0.15, 0.2) is 16.3 Å². The first-order chi connectivity index (χ1) is 15.1.